The summed E-state index contributed by atoms with van der Waals surface area (Å²) in [5.74, 6) is 1.36. The number of halogens is 1. The van der Waals surface area contributed by atoms with Gasteiger partial charge in [0, 0.05) is 14.9 Å². The van der Waals surface area contributed by atoms with E-state index < -0.39 is 0 Å². The third kappa shape index (κ3) is 3.58. The molecular formula is C18H17BrOS. The van der Waals surface area contributed by atoms with Gasteiger partial charge in [-0.25, -0.2) is 0 Å². The van der Waals surface area contributed by atoms with Gasteiger partial charge in [0.05, 0.1) is 5.75 Å². The van der Waals surface area contributed by atoms with Gasteiger partial charge in [-0.15, -0.1) is 11.8 Å². The van der Waals surface area contributed by atoms with Crippen LogP contribution in [-0.2, 0) is 0 Å². The number of carbonyl (C=O) groups is 1. The molecule has 0 saturated heterocycles. The number of rotatable bonds is 5. The topological polar surface area (TPSA) is 17.1 Å². The minimum atomic E-state index is 0.205. The summed E-state index contributed by atoms with van der Waals surface area (Å²) in [6.45, 7) is 0. The van der Waals surface area contributed by atoms with E-state index in [1.807, 2.05) is 36.4 Å². The first kappa shape index (κ1) is 14.9. The lowest BCUT2D eigenvalue weighted by atomic mass is 9.79. The highest BCUT2D eigenvalue weighted by molar-refractivity contribution is 9.10. The van der Waals surface area contributed by atoms with Gasteiger partial charge in [-0.05, 0) is 58.5 Å². The van der Waals surface area contributed by atoms with Crippen molar-refractivity contribution in [3.8, 4) is 0 Å². The Kier molecular flexibility index (Phi) is 4.81. The summed E-state index contributed by atoms with van der Waals surface area (Å²) in [5, 5.41) is 0. The van der Waals surface area contributed by atoms with Crippen molar-refractivity contribution in [2.24, 2.45) is 0 Å². The van der Waals surface area contributed by atoms with Crippen LogP contribution in [0.3, 0.4) is 0 Å². The zero-order chi connectivity index (χ0) is 14.7. The lowest BCUT2D eigenvalue weighted by Crippen LogP contribution is -2.10. The van der Waals surface area contributed by atoms with Crippen LogP contribution < -0.4 is 0 Å². The summed E-state index contributed by atoms with van der Waals surface area (Å²) in [4.78, 5) is 13.5. The van der Waals surface area contributed by atoms with Crippen molar-refractivity contribution < 1.29 is 4.79 Å². The van der Waals surface area contributed by atoms with Gasteiger partial charge in [0.25, 0.3) is 0 Å². The fourth-order valence-corrected chi connectivity index (χ4v) is 3.96. The van der Waals surface area contributed by atoms with Gasteiger partial charge in [-0.1, -0.05) is 36.8 Å². The van der Waals surface area contributed by atoms with Crippen LogP contribution >= 0.6 is 27.7 Å². The number of thioether (sulfide) groups is 1. The lowest BCUT2D eigenvalue weighted by molar-refractivity contribution is 0.102. The van der Waals surface area contributed by atoms with E-state index in [2.05, 4.69) is 28.1 Å². The van der Waals surface area contributed by atoms with Gasteiger partial charge in [-0.2, -0.15) is 0 Å². The average molecular weight is 361 g/mol. The molecule has 2 aromatic rings. The van der Waals surface area contributed by atoms with Crippen molar-refractivity contribution in [2.75, 3.05) is 5.75 Å². The molecule has 0 unspecified atom stereocenters. The first-order chi connectivity index (χ1) is 10.2. The second-order valence-corrected chi connectivity index (χ2v) is 7.27. The summed E-state index contributed by atoms with van der Waals surface area (Å²) >= 11 is 5.11. The Morgan fingerprint density at radius 1 is 1.14 bits per heavy atom. The van der Waals surface area contributed by atoms with Crippen molar-refractivity contribution in [1.82, 2.24) is 0 Å². The van der Waals surface area contributed by atoms with Crippen LogP contribution in [0.5, 0.6) is 0 Å². The molecule has 3 heteroatoms. The highest BCUT2D eigenvalue weighted by atomic mass is 79.9. The van der Waals surface area contributed by atoms with Gasteiger partial charge in [0.1, 0.15) is 0 Å². The van der Waals surface area contributed by atoms with E-state index in [4.69, 9.17) is 0 Å². The summed E-state index contributed by atoms with van der Waals surface area (Å²) in [7, 11) is 0. The fourth-order valence-electron chi connectivity index (χ4n) is 2.50. The van der Waals surface area contributed by atoms with Crippen LogP contribution in [0.4, 0.5) is 0 Å². The molecule has 0 bridgehead atoms. The van der Waals surface area contributed by atoms with Crippen LogP contribution in [0.15, 0.2) is 57.9 Å². The molecule has 1 fully saturated rings. The van der Waals surface area contributed by atoms with Crippen molar-refractivity contribution in [2.45, 2.75) is 30.1 Å². The number of benzene rings is 2. The first-order valence-corrected chi connectivity index (χ1v) is 9.02. The predicted octanol–water partition coefficient (Wildman–Crippen LogP) is 5.69. The van der Waals surface area contributed by atoms with Crippen LogP contribution in [0.25, 0.3) is 0 Å². The second kappa shape index (κ2) is 6.80. The van der Waals surface area contributed by atoms with Gasteiger partial charge in [0.15, 0.2) is 5.78 Å². The maximum Gasteiger partial charge on any atom is 0.173 e. The van der Waals surface area contributed by atoms with E-state index >= 15 is 0 Å². The summed E-state index contributed by atoms with van der Waals surface area (Å²) in [5.41, 5.74) is 2.18. The molecule has 1 saturated carbocycles. The number of carbonyl (C=O) groups excluding carboxylic acids is 1. The van der Waals surface area contributed by atoms with Gasteiger partial charge >= 0.3 is 0 Å². The quantitative estimate of drug-likeness (QED) is 0.503. The largest absolute Gasteiger partial charge is 0.293 e. The minimum Gasteiger partial charge on any atom is -0.293 e. The van der Waals surface area contributed by atoms with Crippen molar-refractivity contribution in [3.63, 3.8) is 0 Å². The average Bonchev–Trinajstić information content (AvgIpc) is 2.45. The summed E-state index contributed by atoms with van der Waals surface area (Å²) in [6.07, 6.45) is 3.85. The molecule has 1 aliphatic carbocycles. The zero-order valence-electron chi connectivity index (χ0n) is 11.7. The predicted molar refractivity (Wildman–Crippen MR) is 92.2 cm³/mol. The maximum atomic E-state index is 12.4. The summed E-state index contributed by atoms with van der Waals surface area (Å²) in [6, 6.07) is 16.2. The highest BCUT2D eigenvalue weighted by Gasteiger charge is 2.20. The van der Waals surface area contributed by atoms with E-state index in [9.17, 15) is 4.79 Å². The van der Waals surface area contributed by atoms with Crippen LogP contribution in [0, 0.1) is 0 Å². The number of hydrogen-bond donors (Lipinski definition) is 0. The molecule has 0 radical (unpaired) electrons. The van der Waals surface area contributed by atoms with E-state index in [1.165, 1.54) is 24.8 Å². The standard InChI is InChI=1S/C18H17BrOS/c19-16-9-1-2-10-18(16)21-12-17(20)15-8-4-7-14(11-15)13-5-3-6-13/h1-2,4,7-11,13H,3,5-6,12H2. The normalized spacial score (nSPS) is 14.7. The molecule has 0 spiro atoms. The Balaban J connectivity index is 1.66. The molecule has 0 amide bonds. The van der Waals surface area contributed by atoms with Crippen LogP contribution in [0.2, 0.25) is 0 Å². The molecule has 1 aliphatic rings. The number of Topliss-reactive ketones (excluding diaryl/α,β-unsaturated/α-hetero) is 1. The van der Waals surface area contributed by atoms with Gasteiger partial charge in [0.2, 0.25) is 0 Å². The molecule has 0 aliphatic heterocycles. The number of hydrogen-bond acceptors (Lipinski definition) is 2. The first-order valence-electron chi connectivity index (χ1n) is 7.24. The Hall–Kier alpha value is -1.06. The Labute approximate surface area is 138 Å². The van der Waals surface area contributed by atoms with Crippen LogP contribution in [0.1, 0.15) is 41.1 Å². The fraction of sp³-hybridized carbons (Fsp3) is 0.278. The SMILES string of the molecule is O=C(CSc1ccccc1Br)c1cccc(C2CCC2)c1. The monoisotopic (exact) mass is 360 g/mol. The smallest absolute Gasteiger partial charge is 0.173 e. The second-order valence-electron chi connectivity index (χ2n) is 5.40. The molecular weight excluding hydrogens is 344 g/mol. The minimum absolute atomic E-state index is 0.205. The third-order valence-electron chi connectivity index (χ3n) is 3.98. The van der Waals surface area contributed by atoms with Gasteiger partial charge in [-0.3, -0.25) is 4.79 Å². The Morgan fingerprint density at radius 3 is 2.67 bits per heavy atom. The molecule has 0 heterocycles. The molecule has 1 nitrogen and oxygen atoms in total. The van der Waals surface area contributed by atoms with E-state index in [-0.39, 0.29) is 5.78 Å². The zero-order valence-corrected chi connectivity index (χ0v) is 14.1. The van der Waals surface area contributed by atoms with Crippen molar-refractivity contribution >= 4 is 33.5 Å². The molecule has 21 heavy (non-hydrogen) atoms. The molecule has 2 aromatic carbocycles. The molecule has 0 aromatic heterocycles. The molecule has 0 N–H and O–H groups in total. The number of ketones is 1. The lowest BCUT2D eigenvalue weighted by Gasteiger charge is -2.26. The molecule has 3 rings (SSSR count). The third-order valence-corrected chi connectivity index (χ3v) is 6.01. The van der Waals surface area contributed by atoms with Gasteiger partial charge < -0.3 is 0 Å². The van der Waals surface area contributed by atoms with E-state index in [0.29, 0.717) is 11.7 Å². The highest BCUT2D eigenvalue weighted by Crippen LogP contribution is 2.36. The van der Waals surface area contributed by atoms with E-state index in [0.717, 1.165) is 14.9 Å². The van der Waals surface area contributed by atoms with Crippen LogP contribution in [-0.4, -0.2) is 11.5 Å². The molecule has 0 atom stereocenters. The van der Waals surface area contributed by atoms with Crippen molar-refractivity contribution in [3.05, 3.63) is 64.1 Å². The Bertz CT molecular complexity index is 649. The van der Waals surface area contributed by atoms with E-state index in [1.54, 1.807) is 11.8 Å². The summed E-state index contributed by atoms with van der Waals surface area (Å²) < 4.78 is 1.05. The molecule has 108 valence electrons. The Morgan fingerprint density at radius 2 is 1.95 bits per heavy atom. The maximum absolute atomic E-state index is 12.4. The van der Waals surface area contributed by atoms with Crippen molar-refractivity contribution in [1.29, 1.82) is 0 Å².